The summed E-state index contributed by atoms with van der Waals surface area (Å²) < 4.78 is 29.1. The van der Waals surface area contributed by atoms with Crippen LogP contribution in [-0.4, -0.2) is 44.3 Å². The van der Waals surface area contributed by atoms with Crippen molar-refractivity contribution in [2.75, 3.05) is 17.4 Å². The number of nitrogens with one attached hydrogen (secondary N) is 1. The predicted octanol–water partition coefficient (Wildman–Crippen LogP) is 5.65. The van der Waals surface area contributed by atoms with Crippen molar-refractivity contribution in [2.24, 2.45) is 0 Å². The maximum absolute atomic E-state index is 14.1. The quantitative estimate of drug-likeness (QED) is 0.291. The van der Waals surface area contributed by atoms with Crippen LogP contribution < -0.4 is 9.62 Å². The highest BCUT2D eigenvalue weighted by atomic mass is 32.2. The molecule has 8 heteroatoms. The van der Waals surface area contributed by atoms with Gasteiger partial charge in [0.05, 0.1) is 10.6 Å². The van der Waals surface area contributed by atoms with E-state index in [9.17, 15) is 18.0 Å². The van der Waals surface area contributed by atoms with E-state index in [2.05, 4.69) is 19.2 Å². The number of aryl methyl sites for hydroxylation is 1. The van der Waals surface area contributed by atoms with Gasteiger partial charge in [-0.15, -0.1) is 0 Å². The highest BCUT2D eigenvalue weighted by Crippen LogP contribution is 2.27. The third-order valence-electron chi connectivity index (χ3n) is 6.87. The topological polar surface area (TPSA) is 86.8 Å². The largest absolute Gasteiger partial charge is 0.354 e. The lowest BCUT2D eigenvalue weighted by atomic mass is 10.0. The number of amides is 2. The Balaban J connectivity index is 2.05. The first kappa shape index (κ1) is 30.9. The van der Waals surface area contributed by atoms with Crippen molar-refractivity contribution in [1.82, 2.24) is 10.2 Å². The van der Waals surface area contributed by atoms with Crippen molar-refractivity contribution in [3.8, 4) is 0 Å². The smallest absolute Gasteiger partial charge is 0.264 e. The summed E-state index contributed by atoms with van der Waals surface area (Å²) >= 11 is 0. The van der Waals surface area contributed by atoms with Gasteiger partial charge in [0.15, 0.2) is 0 Å². The second-order valence-corrected chi connectivity index (χ2v) is 12.2. The standard InChI is InChI=1S/C32H41N3O4S/c1-6-21-33-32(37)30(7-2)34(22-26-11-9-8-10-12-26)31(36)23-35(28-17-15-27(16-18-28)24(3)4)40(38,39)29-19-13-25(5)14-20-29/h8-20,24,30H,6-7,21-23H2,1-5H3,(H,33,37)/t30-/m0/s1. The SMILES string of the molecule is CCCNC(=O)[C@H](CC)N(Cc1ccccc1)C(=O)CN(c1ccc(C(C)C)cc1)S(=O)(=O)c1ccc(C)cc1. The Kier molecular flexibility index (Phi) is 10.9. The summed E-state index contributed by atoms with van der Waals surface area (Å²) in [6.45, 7) is 10.1. The fourth-order valence-corrected chi connectivity index (χ4v) is 5.87. The zero-order chi connectivity index (χ0) is 29.3. The van der Waals surface area contributed by atoms with Crippen molar-refractivity contribution < 1.29 is 18.0 Å². The maximum atomic E-state index is 14.1. The van der Waals surface area contributed by atoms with E-state index < -0.39 is 28.5 Å². The molecule has 0 spiro atoms. The summed E-state index contributed by atoms with van der Waals surface area (Å²) in [5, 5.41) is 2.90. The van der Waals surface area contributed by atoms with Crippen LogP contribution in [0.3, 0.4) is 0 Å². The maximum Gasteiger partial charge on any atom is 0.264 e. The summed E-state index contributed by atoms with van der Waals surface area (Å²) in [6, 6.07) is 22.5. The molecule has 214 valence electrons. The van der Waals surface area contributed by atoms with Crippen LogP contribution in [0.15, 0.2) is 83.8 Å². The van der Waals surface area contributed by atoms with Crippen molar-refractivity contribution in [3.63, 3.8) is 0 Å². The first-order valence-corrected chi connectivity index (χ1v) is 15.3. The van der Waals surface area contributed by atoms with Gasteiger partial charge in [-0.1, -0.05) is 87.9 Å². The summed E-state index contributed by atoms with van der Waals surface area (Å²) in [6.07, 6.45) is 1.16. The van der Waals surface area contributed by atoms with Gasteiger partial charge in [-0.2, -0.15) is 0 Å². The number of anilines is 1. The fraction of sp³-hybridized carbons (Fsp3) is 0.375. The molecule has 0 saturated heterocycles. The van der Waals surface area contributed by atoms with Gasteiger partial charge < -0.3 is 10.2 Å². The van der Waals surface area contributed by atoms with Crippen LogP contribution in [-0.2, 0) is 26.2 Å². The Morgan fingerprint density at radius 1 is 0.875 bits per heavy atom. The van der Waals surface area contributed by atoms with Gasteiger partial charge in [-0.3, -0.25) is 13.9 Å². The molecule has 2 amide bonds. The number of carbonyl (C=O) groups is 2. The van der Waals surface area contributed by atoms with Crippen LogP contribution in [0.25, 0.3) is 0 Å². The number of carbonyl (C=O) groups excluding carboxylic acids is 2. The Morgan fingerprint density at radius 2 is 1.50 bits per heavy atom. The summed E-state index contributed by atoms with van der Waals surface area (Å²) in [5.41, 5.74) is 3.24. The normalized spacial score (nSPS) is 12.2. The van der Waals surface area contributed by atoms with Crippen LogP contribution in [0.5, 0.6) is 0 Å². The average molecular weight is 564 g/mol. The van der Waals surface area contributed by atoms with Crippen LogP contribution >= 0.6 is 0 Å². The molecule has 0 radical (unpaired) electrons. The molecule has 3 rings (SSSR count). The van der Waals surface area contributed by atoms with Gasteiger partial charge in [-0.05, 0) is 61.1 Å². The summed E-state index contributed by atoms with van der Waals surface area (Å²) in [7, 11) is -4.09. The first-order chi connectivity index (χ1) is 19.1. The molecular weight excluding hydrogens is 522 g/mol. The molecule has 3 aromatic rings. The van der Waals surface area contributed by atoms with Gasteiger partial charge >= 0.3 is 0 Å². The molecular formula is C32H41N3O4S. The minimum absolute atomic E-state index is 0.0983. The van der Waals surface area contributed by atoms with Gasteiger partial charge in [0, 0.05) is 13.1 Å². The van der Waals surface area contributed by atoms with E-state index in [1.54, 1.807) is 36.4 Å². The Hall–Kier alpha value is -3.65. The lowest BCUT2D eigenvalue weighted by molar-refractivity contribution is -0.140. The molecule has 0 saturated carbocycles. The van der Waals surface area contributed by atoms with E-state index in [1.807, 2.05) is 63.2 Å². The minimum atomic E-state index is -4.09. The predicted molar refractivity (Wildman–Crippen MR) is 161 cm³/mol. The molecule has 1 atom stereocenters. The van der Waals surface area contributed by atoms with Crippen LogP contribution in [0.4, 0.5) is 5.69 Å². The second-order valence-electron chi connectivity index (χ2n) is 10.3. The molecule has 7 nitrogen and oxygen atoms in total. The van der Waals surface area contributed by atoms with Gasteiger partial charge in [0.2, 0.25) is 11.8 Å². The highest BCUT2D eigenvalue weighted by molar-refractivity contribution is 7.92. The Bertz CT molecular complexity index is 1360. The number of nitrogens with zero attached hydrogens (tertiary/aromatic N) is 2. The van der Waals surface area contributed by atoms with E-state index in [0.29, 0.717) is 18.7 Å². The van der Waals surface area contributed by atoms with E-state index in [1.165, 1.54) is 4.90 Å². The van der Waals surface area contributed by atoms with Crippen LogP contribution in [0, 0.1) is 6.92 Å². The summed E-state index contributed by atoms with van der Waals surface area (Å²) in [5.74, 6) is -0.431. The second kappa shape index (κ2) is 14.1. The molecule has 0 heterocycles. The van der Waals surface area contributed by atoms with E-state index in [4.69, 9.17) is 0 Å². The van der Waals surface area contributed by atoms with E-state index in [-0.39, 0.29) is 23.3 Å². The molecule has 40 heavy (non-hydrogen) atoms. The average Bonchev–Trinajstić information content (AvgIpc) is 2.95. The molecule has 0 aliphatic rings. The molecule has 0 aliphatic heterocycles. The number of rotatable bonds is 13. The molecule has 0 unspecified atom stereocenters. The number of sulfonamides is 1. The van der Waals surface area contributed by atoms with Crippen molar-refractivity contribution in [1.29, 1.82) is 0 Å². The highest BCUT2D eigenvalue weighted by Gasteiger charge is 2.33. The van der Waals surface area contributed by atoms with Gasteiger partial charge in [0.25, 0.3) is 10.0 Å². The Morgan fingerprint density at radius 3 is 2.05 bits per heavy atom. The Labute approximate surface area is 239 Å². The zero-order valence-electron chi connectivity index (χ0n) is 24.1. The fourth-order valence-electron chi connectivity index (χ4n) is 4.46. The van der Waals surface area contributed by atoms with E-state index >= 15 is 0 Å². The molecule has 0 aromatic heterocycles. The third kappa shape index (κ3) is 7.72. The lowest BCUT2D eigenvalue weighted by Crippen LogP contribution is -2.52. The summed E-state index contributed by atoms with van der Waals surface area (Å²) in [4.78, 5) is 28.8. The molecule has 1 N–H and O–H groups in total. The third-order valence-corrected chi connectivity index (χ3v) is 8.65. The molecule has 0 fully saturated rings. The van der Waals surface area contributed by atoms with Crippen molar-refractivity contribution >= 4 is 27.5 Å². The first-order valence-electron chi connectivity index (χ1n) is 13.9. The van der Waals surface area contributed by atoms with Crippen LogP contribution in [0.1, 0.15) is 63.1 Å². The molecule has 0 aliphatic carbocycles. The van der Waals surface area contributed by atoms with Crippen LogP contribution in [0.2, 0.25) is 0 Å². The lowest BCUT2D eigenvalue weighted by Gasteiger charge is -2.33. The van der Waals surface area contributed by atoms with Gasteiger partial charge in [-0.25, -0.2) is 8.42 Å². The van der Waals surface area contributed by atoms with Gasteiger partial charge in [0.1, 0.15) is 12.6 Å². The molecule has 3 aromatic carbocycles. The van der Waals surface area contributed by atoms with Crippen molar-refractivity contribution in [3.05, 3.63) is 95.6 Å². The number of benzene rings is 3. The number of hydrogen-bond donors (Lipinski definition) is 1. The number of hydrogen-bond acceptors (Lipinski definition) is 4. The van der Waals surface area contributed by atoms with Crippen molar-refractivity contribution in [2.45, 2.75) is 70.9 Å². The minimum Gasteiger partial charge on any atom is -0.354 e. The van der Waals surface area contributed by atoms with E-state index in [0.717, 1.165) is 27.4 Å². The molecule has 0 bridgehead atoms. The monoisotopic (exact) mass is 563 g/mol. The zero-order valence-corrected chi connectivity index (χ0v) is 24.9.